The Balaban J connectivity index is 2.25. The van der Waals surface area contributed by atoms with Crippen LogP contribution < -0.4 is 9.46 Å². The fraction of sp³-hybridized carbons (Fsp3) is 0.316. The normalized spacial score (nSPS) is 11.1. The Morgan fingerprint density at radius 2 is 1.65 bits per heavy atom. The van der Waals surface area contributed by atoms with Gasteiger partial charge >= 0.3 is 0 Å². The van der Waals surface area contributed by atoms with Crippen LogP contribution in [0.1, 0.15) is 16.7 Å². The molecule has 0 bridgehead atoms. The number of nitrogens with zero attached hydrogens (tertiary/aromatic N) is 1. The number of hydrogen-bond acceptors (Lipinski definition) is 4. The number of carbonyl (C=O) groups excluding carboxylic acids is 1. The van der Waals surface area contributed by atoms with Gasteiger partial charge in [0.05, 0.1) is 13.5 Å². The van der Waals surface area contributed by atoms with Crippen LogP contribution in [0.25, 0.3) is 0 Å². The molecule has 140 valence electrons. The minimum absolute atomic E-state index is 0.0156. The fourth-order valence-electron chi connectivity index (χ4n) is 2.37. The topological polar surface area (TPSA) is 75.7 Å². The van der Waals surface area contributed by atoms with Gasteiger partial charge < -0.3 is 9.64 Å². The van der Waals surface area contributed by atoms with Gasteiger partial charge in [0.25, 0.3) is 10.0 Å². The maximum atomic E-state index is 12.7. The van der Waals surface area contributed by atoms with Crippen molar-refractivity contribution in [3.63, 3.8) is 0 Å². The fourth-order valence-corrected chi connectivity index (χ4v) is 3.66. The summed E-state index contributed by atoms with van der Waals surface area (Å²) < 4.78 is 33.3. The number of sulfonamides is 1. The second-order valence-corrected chi connectivity index (χ2v) is 8.01. The van der Waals surface area contributed by atoms with Gasteiger partial charge in [-0.25, -0.2) is 8.42 Å². The molecule has 2 aromatic rings. The van der Waals surface area contributed by atoms with Gasteiger partial charge in [0.1, 0.15) is 10.6 Å². The predicted octanol–water partition coefficient (Wildman–Crippen LogP) is 2.74. The second-order valence-electron chi connectivity index (χ2n) is 6.35. The molecule has 7 heteroatoms. The summed E-state index contributed by atoms with van der Waals surface area (Å²) in [5, 5.41) is 0. The quantitative estimate of drug-likeness (QED) is 0.841. The van der Waals surface area contributed by atoms with E-state index in [0.29, 0.717) is 11.4 Å². The first-order chi connectivity index (χ1) is 12.1. The molecule has 0 aliphatic carbocycles. The molecule has 1 N–H and O–H groups in total. The SMILES string of the molecule is COc1cc(C)c(C)cc1S(=O)(=O)Nc1ccc(CC(=O)N(C)C)cc1. The van der Waals surface area contributed by atoms with E-state index in [4.69, 9.17) is 4.74 Å². The van der Waals surface area contributed by atoms with Crippen molar-refractivity contribution in [3.8, 4) is 5.75 Å². The zero-order valence-electron chi connectivity index (χ0n) is 15.7. The van der Waals surface area contributed by atoms with E-state index >= 15 is 0 Å². The third kappa shape index (κ3) is 4.54. The van der Waals surface area contributed by atoms with E-state index in [1.165, 1.54) is 12.0 Å². The Morgan fingerprint density at radius 3 is 2.19 bits per heavy atom. The van der Waals surface area contributed by atoms with Crippen molar-refractivity contribution in [2.45, 2.75) is 25.2 Å². The van der Waals surface area contributed by atoms with E-state index < -0.39 is 10.0 Å². The Kier molecular flexibility index (Phi) is 5.92. The van der Waals surface area contributed by atoms with Crippen molar-refractivity contribution >= 4 is 21.6 Å². The Hall–Kier alpha value is -2.54. The largest absolute Gasteiger partial charge is 0.495 e. The lowest BCUT2D eigenvalue weighted by Crippen LogP contribution is -2.23. The van der Waals surface area contributed by atoms with Gasteiger partial charge in [-0.05, 0) is 54.8 Å². The number of aryl methyl sites for hydroxylation is 2. The zero-order chi connectivity index (χ0) is 19.5. The third-order valence-electron chi connectivity index (χ3n) is 4.13. The van der Waals surface area contributed by atoms with Crippen LogP contribution in [0.15, 0.2) is 41.3 Å². The van der Waals surface area contributed by atoms with Gasteiger partial charge in [-0.2, -0.15) is 0 Å². The van der Waals surface area contributed by atoms with E-state index in [1.54, 1.807) is 50.5 Å². The minimum atomic E-state index is -3.79. The third-order valence-corrected chi connectivity index (χ3v) is 5.53. The molecule has 26 heavy (non-hydrogen) atoms. The van der Waals surface area contributed by atoms with Gasteiger partial charge in [-0.15, -0.1) is 0 Å². The molecular formula is C19H24N2O4S. The van der Waals surface area contributed by atoms with Gasteiger partial charge in [0.2, 0.25) is 5.91 Å². The van der Waals surface area contributed by atoms with Crippen molar-refractivity contribution in [3.05, 3.63) is 53.1 Å². The van der Waals surface area contributed by atoms with Gasteiger partial charge in [-0.1, -0.05) is 12.1 Å². The number of methoxy groups -OCH3 is 1. The van der Waals surface area contributed by atoms with E-state index in [-0.39, 0.29) is 17.2 Å². The lowest BCUT2D eigenvalue weighted by Gasteiger charge is -2.14. The van der Waals surface area contributed by atoms with Crippen LogP contribution in [0, 0.1) is 13.8 Å². The number of carbonyl (C=O) groups is 1. The number of likely N-dealkylation sites (N-methyl/N-ethyl adjacent to an activating group) is 1. The molecule has 0 heterocycles. The summed E-state index contributed by atoms with van der Waals surface area (Å²) in [6.45, 7) is 3.75. The molecule has 0 fully saturated rings. The van der Waals surface area contributed by atoms with Crippen molar-refractivity contribution in [2.24, 2.45) is 0 Å². The molecule has 2 rings (SSSR count). The Bertz CT molecular complexity index is 904. The van der Waals surface area contributed by atoms with Gasteiger partial charge in [0, 0.05) is 19.8 Å². The number of ether oxygens (including phenoxy) is 1. The molecule has 6 nitrogen and oxygen atoms in total. The number of amides is 1. The molecule has 0 unspecified atom stereocenters. The van der Waals surface area contributed by atoms with Crippen LogP contribution >= 0.6 is 0 Å². The zero-order valence-corrected chi connectivity index (χ0v) is 16.5. The molecule has 0 aliphatic heterocycles. The molecule has 0 atom stereocenters. The molecule has 2 aromatic carbocycles. The Labute approximate surface area is 154 Å². The summed E-state index contributed by atoms with van der Waals surface area (Å²) in [5.41, 5.74) is 3.06. The average molecular weight is 376 g/mol. The Morgan fingerprint density at radius 1 is 1.08 bits per heavy atom. The van der Waals surface area contributed by atoms with E-state index in [2.05, 4.69) is 4.72 Å². The first-order valence-electron chi connectivity index (χ1n) is 8.11. The summed E-state index contributed by atoms with van der Waals surface area (Å²) >= 11 is 0. The van der Waals surface area contributed by atoms with E-state index in [1.807, 2.05) is 13.8 Å². The maximum Gasteiger partial charge on any atom is 0.265 e. The van der Waals surface area contributed by atoms with E-state index in [0.717, 1.165) is 16.7 Å². The lowest BCUT2D eigenvalue weighted by molar-refractivity contribution is -0.127. The highest BCUT2D eigenvalue weighted by Crippen LogP contribution is 2.29. The summed E-state index contributed by atoms with van der Waals surface area (Å²) in [6, 6.07) is 10.1. The smallest absolute Gasteiger partial charge is 0.265 e. The molecular weight excluding hydrogens is 352 g/mol. The van der Waals surface area contributed by atoms with Crippen molar-refractivity contribution in [1.29, 1.82) is 0 Å². The highest BCUT2D eigenvalue weighted by molar-refractivity contribution is 7.92. The highest BCUT2D eigenvalue weighted by Gasteiger charge is 2.21. The number of rotatable bonds is 6. The van der Waals surface area contributed by atoms with Crippen LogP contribution in [0.2, 0.25) is 0 Å². The van der Waals surface area contributed by atoms with Crippen LogP contribution in [0.4, 0.5) is 5.69 Å². The molecule has 0 radical (unpaired) electrons. The van der Waals surface area contributed by atoms with Crippen LogP contribution in [-0.2, 0) is 21.2 Å². The monoisotopic (exact) mass is 376 g/mol. The number of benzene rings is 2. The van der Waals surface area contributed by atoms with E-state index in [9.17, 15) is 13.2 Å². The van der Waals surface area contributed by atoms with Crippen LogP contribution in [0.5, 0.6) is 5.75 Å². The summed E-state index contributed by atoms with van der Waals surface area (Å²) in [7, 11) is 1.04. The maximum absolute atomic E-state index is 12.7. The molecule has 0 saturated carbocycles. The molecule has 0 aromatic heterocycles. The van der Waals surface area contributed by atoms with Crippen molar-refractivity contribution in [1.82, 2.24) is 4.90 Å². The number of hydrogen-bond donors (Lipinski definition) is 1. The molecule has 0 saturated heterocycles. The molecule has 0 aliphatic rings. The molecule has 0 spiro atoms. The van der Waals surface area contributed by atoms with Gasteiger partial charge in [0.15, 0.2) is 0 Å². The summed E-state index contributed by atoms with van der Waals surface area (Å²) in [6.07, 6.45) is 0.269. The summed E-state index contributed by atoms with van der Waals surface area (Å²) in [5.74, 6) is 0.284. The van der Waals surface area contributed by atoms with Crippen LogP contribution in [0.3, 0.4) is 0 Å². The van der Waals surface area contributed by atoms with Crippen molar-refractivity contribution < 1.29 is 17.9 Å². The lowest BCUT2D eigenvalue weighted by atomic mass is 10.1. The summed E-state index contributed by atoms with van der Waals surface area (Å²) in [4.78, 5) is 13.4. The second kappa shape index (κ2) is 7.78. The number of anilines is 1. The number of nitrogens with one attached hydrogen (secondary N) is 1. The first kappa shape index (κ1) is 19.8. The molecule has 1 amide bonds. The average Bonchev–Trinajstić information content (AvgIpc) is 2.58. The van der Waals surface area contributed by atoms with Crippen LogP contribution in [-0.4, -0.2) is 40.4 Å². The standard InChI is InChI=1S/C19H24N2O4S/c1-13-10-17(25-5)18(11-14(13)2)26(23,24)20-16-8-6-15(7-9-16)12-19(22)21(3)4/h6-11,20H,12H2,1-5H3. The van der Waals surface area contributed by atoms with Gasteiger partial charge in [-0.3, -0.25) is 9.52 Å². The minimum Gasteiger partial charge on any atom is -0.495 e. The predicted molar refractivity (Wildman–Crippen MR) is 102 cm³/mol. The van der Waals surface area contributed by atoms with Crippen molar-refractivity contribution in [2.75, 3.05) is 25.9 Å². The highest BCUT2D eigenvalue weighted by atomic mass is 32.2. The first-order valence-corrected chi connectivity index (χ1v) is 9.59.